The van der Waals surface area contributed by atoms with Crippen molar-refractivity contribution in [2.75, 3.05) is 20.8 Å². The van der Waals surface area contributed by atoms with E-state index in [2.05, 4.69) is 5.32 Å². The van der Waals surface area contributed by atoms with E-state index in [-0.39, 0.29) is 22.4 Å². The number of hydrogen-bond donors (Lipinski definition) is 1. The minimum atomic E-state index is -3.82. The Kier molecular flexibility index (Phi) is 5.26. The molecule has 26 heavy (non-hydrogen) atoms. The molecule has 1 N–H and O–H groups in total. The van der Waals surface area contributed by atoms with Crippen LogP contribution in [0.1, 0.15) is 28.4 Å². The van der Waals surface area contributed by atoms with Gasteiger partial charge in [-0.15, -0.1) is 0 Å². The van der Waals surface area contributed by atoms with Gasteiger partial charge in [0.1, 0.15) is 5.75 Å². The molecule has 2 aromatic rings. The molecule has 0 spiro atoms. The molecule has 0 aliphatic carbocycles. The topological polar surface area (TPSA) is 84.9 Å². The summed E-state index contributed by atoms with van der Waals surface area (Å²) in [5.41, 5.74) is 1.18. The summed E-state index contributed by atoms with van der Waals surface area (Å²) < 4.78 is 31.0. The van der Waals surface area contributed by atoms with Gasteiger partial charge in [-0.3, -0.25) is 9.63 Å². The van der Waals surface area contributed by atoms with Gasteiger partial charge in [0.15, 0.2) is 0 Å². The molecular weight excluding hydrogens is 356 g/mol. The fourth-order valence-electron chi connectivity index (χ4n) is 2.78. The van der Waals surface area contributed by atoms with Crippen molar-refractivity contribution < 1.29 is 22.8 Å². The Morgan fingerprint density at radius 1 is 1.23 bits per heavy atom. The summed E-state index contributed by atoms with van der Waals surface area (Å²) in [6, 6.07) is 13.2. The lowest BCUT2D eigenvalue weighted by Gasteiger charge is -2.26. The molecule has 0 saturated carbocycles. The molecule has 1 heterocycles. The average molecular weight is 376 g/mol. The molecule has 0 saturated heterocycles. The molecule has 0 aromatic heterocycles. The molecule has 3 rings (SSSR count). The molecule has 8 heteroatoms. The number of sulfonamides is 1. The summed E-state index contributed by atoms with van der Waals surface area (Å²) in [4.78, 5) is 17.4. The zero-order chi connectivity index (χ0) is 18.7. The van der Waals surface area contributed by atoms with Gasteiger partial charge in [-0.05, 0) is 24.3 Å². The van der Waals surface area contributed by atoms with Crippen molar-refractivity contribution in [3.8, 4) is 5.75 Å². The summed E-state index contributed by atoms with van der Waals surface area (Å²) in [6.45, 7) is 0.509. The maximum Gasteiger partial charge on any atom is 0.264 e. The van der Waals surface area contributed by atoms with E-state index in [4.69, 9.17) is 9.57 Å². The Labute approximate surface area is 152 Å². The lowest BCUT2D eigenvalue weighted by atomic mass is 10.00. The number of nitrogens with one attached hydrogen (secondary N) is 1. The maximum atomic E-state index is 12.6. The number of ether oxygens (including phenoxy) is 1. The molecule has 1 aliphatic heterocycles. The van der Waals surface area contributed by atoms with Crippen LogP contribution in [0.5, 0.6) is 5.75 Å². The van der Waals surface area contributed by atoms with Gasteiger partial charge in [0.05, 0.1) is 24.7 Å². The number of benzene rings is 2. The van der Waals surface area contributed by atoms with Crippen LogP contribution in [0.3, 0.4) is 0 Å². The fourth-order valence-corrected chi connectivity index (χ4v) is 3.80. The highest BCUT2D eigenvalue weighted by Crippen LogP contribution is 2.31. The largest absolute Gasteiger partial charge is 0.493 e. The van der Waals surface area contributed by atoms with Crippen molar-refractivity contribution in [2.45, 2.75) is 17.4 Å². The van der Waals surface area contributed by atoms with E-state index in [9.17, 15) is 13.2 Å². The van der Waals surface area contributed by atoms with E-state index in [1.54, 1.807) is 6.07 Å². The minimum absolute atomic E-state index is 0.0122. The van der Waals surface area contributed by atoms with E-state index < -0.39 is 10.0 Å². The van der Waals surface area contributed by atoms with E-state index >= 15 is 0 Å². The first-order chi connectivity index (χ1) is 12.4. The van der Waals surface area contributed by atoms with Crippen LogP contribution in [0.4, 0.5) is 0 Å². The number of hydrogen-bond acceptors (Lipinski definition) is 5. The Bertz CT molecular complexity index is 913. The highest BCUT2D eigenvalue weighted by atomic mass is 32.2. The number of fused-ring (bicyclic) bond motifs is 1. The SMILES string of the molecule is CON(C)S(=O)(=O)c1cccc(C(=O)N[C@H]2CCOc3ccccc32)c1. The van der Waals surface area contributed by atoms with Gasteiger partial charge in [-0.2, -0.15) is 0 Å². The van der Waals surface area contributed by atoms with Crippen molar-refractivity contribution in [1.82, 2.24) is 9.79 Å². The molecule has 0 bridgehead atoms. The van der Waals surface area contributed by atoms with Gasteiger partial charge >= 0.3 is 0 Å². The Morgan fingerprint density at radius 2 is 2.00 bits per heavy atom. The van der Waals surface area contributed by atoms with Crippen molar-refractivity contribution in [3.63, 3.8) is 0 Å². The number of carbonyl (C=O) groups is 1. The molecule has 1 atom stereocenters. The average Bonchev–Trinajstić information content (AvgIpc) is 2.67. The van der Waals surface area contributed by atoms with E-state index in [1.165, 1.54) is 32.4 Å². The lowest BCUT2D eigenvalue weighted by molar-refractivity contribution is -0.0258. The Balaban J connectivity index is 1.83. The fraction of sp³-hybridized carbons (Fsp3) is 0.278. The summed E-state index contributed by atoms with van der Waals surface area (Å²) in [5, 5.41) is 2.95. The highest BCUT2D eigenvalue weighted by Gasteiger charge is 2.25. The molecule has 2 aromatic carbocycles. The van der Waals surface area contributed by atoms with E-state index in [0.29, 0.717) is 13.0 Å². The summed E-state index contributed by atoms with van der Waals surface area (Å²) in [7, 11) is -1.26. The minimum Gasteiger partial charge on any atom is -0.493 e. The normalized spacial score (nSPS) is 16.7. The zero-order valence-electron chi connectivity index (χ0n) is 14.5. The summed E-state index contributed by atoms with van der Waals surface area (Å²) in [6.07, 6.45) is 0.646. The van der Waals surface area contributed by atoms with Gasteiger partial charge in [-0.1, -0.05) is 28.7 Å². The molecule has 0 unspecified atom stereocenters. The van der Waals surface area contributed by atoms with Crippen molar-refractivity contribution >= 4 is 15.9 Å². The molecule has 7 nitrogen and oxygen atoms in total. The second kappa shape index (κ2) is 7.45. The first kappa shape index (κ1) is 18.4. The quantitative estimate of drug-likeness (QED) is 0.808. The second-order valence-corrected chi connectivity index (χ2v) is 7.76. The lowest BCUT2D eigenvalue weighted by Crippen LogP contribution is -2.32. The van der Waals surface area contributed by atoms with Gasteiger partial charge in [0, 0.05) is 24.6 Å². The van der Waals surface area contributed by atoms with Crippen LogP contribution in [0.15, 0.2) is 53.4 Å². The smallest absolute Gasteiger partial charge is 0.264 e. The van der Waals surface area contributed by atoms with E-state index in [0.717, 1.165) is 15.8 Å². The van der Waals surface area contributed by atoms with Crippen LogP contribution in [0, 0.1) is 0 Å². The van der Waals surface area contributed by atoms with Crippen LogP contribution in [-0.2, 0) is 14.9 Å². The number of rotatable bonds is 5. The number of carbonyl (C=O) groups excluding carboxylic acids is 1. The van der Waals surface area contributed by atoms with Gasteiger partial charge < -0.3 is 10.1 Å². The predicted molar refractivity (Wildman–Crippen MR) is 95.2 cm³/mol. The molecule has 1 amide bonds. The van der Waals surface area contributed by atoms with Crippen molar-refractivity contribution in [3.05, 3.63) is 59.7 Å². The van der Waals surface area contributed by atoms with Gasteiger partial charge in [0.25, 0.3) is 15.9 Å². The van der Waals surface area contributed by atoms with Crippen molar-refractivity contribution in [2.24, 2.45) is 0 Å². The third kappa shape index (κ3) is 3.57. The molecule has 0 fully saturated rings. The standard InChI is InChI=1S/C18H20N2O5S/c1-20(24-2)26(22,23)14-7-5-6-13(12-14)18(21)19-16-10-11-25-17-9-4-3-8-15(16)17/h3-9,12,16H,10-11H2,1-2H3,(H,19,21)/t16-/m0/s1. The van der Waals surface area contributed by atoms with Crippen molar-refractivity contribution in [1.29, 1.82) is 0 Å². The van der Waals surface area contributed by atoms with Crippen LogP contribution >= 0.6 is 0 Å². The third-order valence-corrected chi connectivity index (χ3v) is 5.93. The first-order valence-corrected chi connectivity index (χ1v) is 9.53. The van der Waals surface area contributed by atoms with Crippen LogP contribution < -0.4 is 10.1 Å². The number of hydroxylamine groups is 1. The van der Waals surface area contributed by atoms with Crippen LogP contribution in [0.2, 0.25) is 0 Å². The van der Waals surface area contributed by atoms with Gasteiger partial charge in [0.2, 0.25) is 0 Å². The molecule has 138 valence electrons. The zero-order valence-corrected chi connectivity index (χ0v) is 15.3. The second-order valence-electron chi connectivity index (χ2n) is 5.83. The Hall–Kier alpha value is -2.42. The first-order valence-electron chi connectivity index (χ1n) is 8.09. The summed E-state index contributed by atoms with van der Waals surface area (Å²) >= 11 is 0. The predicted octanol–water partition coefficient (Wildman–Crippen LogP) is 2.12. The van der Waals surface area contributed by atoms with Crippen LogP contribution in [0.25, 0.3) is 0 Å². The Morgan fingerprint density at radius 3 is 2.77 bits per heavy atom. The highest BCUT2D eigenvalue weighted by molar-refractivity contribution is 7.89. The number of amides is 1. The monoisotopic (exact) mass is 376 g/mol. The number of para-hydroxylation sites is 1. The molecule has 0 radical (unpaired) electrons. The number of nitrogens with zero attached hydrogens (tertiary/aromatic N) is 1. The summed E-state index contributed by atoms with van der Waals surface area (Å²) in [5.74, 6) is 0.408. The third-order valence-electron chi connectivity index (χ3n) is 4.25. The molecular formula is C18H20N2O5S. The molecule has 1 aliphatic rings. The van der Waals surface area contributed by atoms with Crippen LogP contribution in [-0.4, -0.2) is 39.6 Å². The van der Waals surface area contributed by atoms with E-state index in [1.807, 2.05) is 24.3 Å². The maximum absolute atomic E-state index is 12.6. The van der Waals surface area contributed by atoms with Gasteiger partial charge in [-0.25, -0.2) is 8.42 Å².